The summed E-state index contributed by atoms with van der Waals surface area (Å²) in [5.41, 5.74) is 6.89. The number of rotatable bonds is 2. The fourth-order valence-corrected chi connectivity index (χ4v) is 2.90. The lowest BCUT2D eigenvalue weighted by Crippen LogP contribution is -2.44. The second kappa shape index (κ2) is 6.26. The van der Waals surface area contributed by atoms with Crippen LogP contribution in [0.4, 0.5) is 5.69 Å². The zero-order chi connectivity index (χ0) is 14.7. The summed E-state index contributed by atoms with van der Waals surface area (Å²) in [5.74, 6) is -0.218. The van der Waals surface area contributed by atoms with Gasteiger partial charge in [0.25, 0.3) is 5.91 Å². The third-order valence-electron chi connectivity index (χ3n) is 3.58. The molecule has 1 heterocycles. The molecule has 0 radical (unpaired) electrons. The topological polar surface area (TPSA) is 75.4 Å². The van der Waals surface area contributed by atoms with Crippen molar-refractivity contribution in [3.63, 3.8) is 0 Å². The highest BCUT2D eigenvalue weighted by atomic mass is 79.9. The number of amides is 2. The molecule has 1 aromatic carbocycles. The maximum Gasteiger partial charge on any atom is 0.255 e. The number of nitrogen functional groups attached to an aromatic ring is 1. The predicted molar refractivity (Wildman–Crippen MR) is 81.2 cm³/mol. The van der Waals surface area contributed by atoms with Crippen molar-refractivity contribution < 1.29 is 9.59 Å². The van der Waals surface area contributed by atoms with Crippen LogP contribution < -0.4 is 11.1 Å². The number of nitrogens with two attached hydrogens (primary N) is 1. The Balaban J connectivity index is 2.16. The molecule has 2 amide bonds. The molecule has 0 bridgehead atoms. The molecule has 1 atom stereocenters. The summed E-state index contributed by atoms with van der Waals surface area (Å²) >= 11 is 3.35. The first kappa shape index (κ1) is 14.8. The van der Waals surface area contributed by atoms with Gasteiger partial charge in [0.2, 0.25) is 5.91 Å². The third kappa shape index (κ3) is 2.95. The zero-order valence-electron chi connectivity index (χ0n) is 11.4. The predicted octanol–water partition coefficient (Wildman–Crippen LogP) is 1.63. The molecule has 1 saturated heterocycles. The van der Waals surface area contributed by atoms with E-state index in [1.807, 2.05) is 0 Å². The highest BCUT2D eigenvalue weighted by Crippen LogP contribution is 2.26. The van der Waals surface area contributed by atoms with Crippen LogP contribution in [0.3, 0.4) is 0 Å². The molecule has 2 rings (SSSR count). The Hall–Kier alpha value is -1.56. The van der Waals surface area contributed by atoms with Gasteiger partial charge in [-0.15, -0.1) is 0 Å². The molecule has 20 heavy (non-hydrogen) atoms. The lowest BCUT2D eigenvalue weighted by atomic mass is 9.96. The number of hydrogen-bond acceptors (Lipinski definition) is 3. The van der Waals surface area contributed by atoms with Crippen molar-refractivity contribution in [2.24, 2.45) is 5.92 Å². The van der Waals surface area contributed by atoms with Crippen LogP contribution in [0.5, 0.6) is 0 Å². The van der Waals surface area contributed by atoms with Gasteiger partial charge in [-0.3, -0.25) is 9.59 Å². The minimum Gasteiger partial charge on any atom is -0.398 e. The summed E-state index contributed by atoms with van der Waals surface area (Å²) in [6, 6.07) is 5.24. The average molecular weight is 340 g/mol. The summed E-state index contributed by atoms with van der Waals surface area (Å²) in [7, 11) is 1.62. The van der Waals surface area contributed by atoms with Gasteiger partial charge in [0.05, 0.1) is 16.0 Å². The number of benzene rings is 1. The number of carbonyl (C=O) groups excluding carboxylic acids is 2. The van der Waals surface area contributed by atoms with Crippen molar-refractivity contribution in [1.29, 1.82) is 0 Å². The van der Waals surface area contributed by atoms with Gasteiger partial charge in [-0.2, -0.15) is 0 Å². The molecule has 1 aliphatic rings. The number of anilines is 1. The van der Waals surface area contributed by atoms with Crippen LogP contribution in [-0.2, 0) is 4.79 Å². The summed E-state index contributed by atoms with van der Waals surface area (Å²) in [6.45, 7) is 1.13. The first-order valence-corrected chi connectivity index (χ1v) is 7.38. The molecule has 1 aromatic rings. The first-order valence-electron chi connectivity index (χ1n) is 6.59. The third-order valence-corrected chi connectivity index (χ3v) is 4.47. The molecule has 1 aliphatic heterocycles. The van der Waals surface area contributed by atoms with Gasteiger partial charge in [0.1, 0.15) is 0 Å². The number of likely N-dealkylation sites (tertiary alicyclic amines) is 1. The quantitative estimate of drug-likeness (QED) is 0.804. The molecule has 5 nitrogen and oxygen atoms in total. The first-order chi connectivity index (χ1) is 9.54. The highest BCUT2D eigenvalue weighted by Gasteiger charge is 2.29. The average Bonchev–Trinajstić information content (AvgIpc) is 2.48. The Labute approximate surface area is 126 Å². The van der Waals surface area contributed by atoms with E-state index in [-0.39, 0.29) is 17.7 Å². The molecule has 3 N–H and O–H groups in total. The Morgan fingerprint density at radius 3 is 2.90 bits per heavy atom. The summed E-state index contributed by atoms with van der Waals surface area (Å²) in [5, 5.41) is 2.65. The summed E-state index contributed by atoms with van der Waals surface area (Å²) < 4.78 is 0.618. The van der Waals surface area contributed by atoms with E-state index in [1.54, 1.807) is 30.1 Å². The number of nitrogens with zero attached hydrogens (tertiary/aromatic N) is 1. The Kier molecular flexibility index (Phi) is 4.65. The van der Waals surface area contributed by atoms with E-state index in [0.717, 1.165) is 12.8 Å². The number of nitrogens with one attached hydrogen (secondary N) is 1. The molecular formula is C14H18BrN3O2. The second-order valence-corrected chi connectivity index (χ2v) is 5.71. The van der Waals surface area contributed by atoms with Crippen LogP contribution in [0.15, 0.2) is 22.7 Å². The van der Waals surface area contributed by atoms with Crippen LogP contribution in [0.25, 0.3) is 0 Å². The summed E-state index contributed by atoms with van der Waals surface area (Å²) in [6.07, 6.45) is 1.66. The highest BCUT2D eigenvalue weighted by molar-refractivity contribution is 9.10. The molecule has 0 aliphatic carbocycles. The largest absolute Gasteiger partial charge is 0.398 e. The van der Waals surface area contributed by atoms with Crippen LogP contribution in [0.2, 0.25) is 0 Å². The monoisotopic (exact) mass is 339 g/mol. The maximum atomic E-state index is 12.5. The second-order valence-electron chi connectivity index (χ2n) is 4.91. The van der Waals surface area contributed by atoms with E-state index < -0.39 is 0 Å². The number of hydrogen-bond donors (Lipinski definition) is 2. The molecule has 0 aromatic heterocycles. The smallest absolute Gasteiger partial charge is 0.255 e. The molecular weight excluding hydrogens is 322 g/mol. The van der Waals surface area contributed by atoms with Crippen molar-refractivity contribution in [3.8, 4) is 0 Å². The Morgan fingerprint density at radius 1 is 1.45 bits per heavy atom. The molecule has 1 unspecified atom stereocenters. The molecule has 6 heteroatoms. The van der Waals surface area contributed by atoms with Crippen molar-refractivity contribution in [2.45, 2.75) is 12.8 Å². The van der Waals surface area contributed by atoms with E-state index in [4.69, 9.17) is 5.73 Å². The van der Waals surface area contributed by atoms with Gasteiger partial charge >= 0.3 is 0 Å². The van der Waals surface area contributed by atoms with Gasteiger partial charge < -0.3 is 16.0 Å². The molecule has 0 saturated carbocycles. The van der Waals surface area contributed by atoms with Crippen LogP contribution in [0, 0.1) is 5.92 Å². The Bertz CT molecular complexity index is 533. The van der Waals surface area contributed by atoms with Crippen LogP contribution in [0.1, 0.15) is 23.2 Å². The minimum absolute atomic E-state index is 0.00542. The van der Waals surface area contributed by atoms with E-state index in [0.29, 0.717) is 28.8 Å². The zero-order valence-corrected chi connectivity index (χ0v) is 12.9. The van der Waals surface area contributed by atoms with E-state index in [9.17, 15) is 9.59 Å². The molecule has 1 fully saturated rings. The van der Waals surface area contributed by atoms with Crippen LogP contribution >= 0.6 is 15.9 Å². The van der Waals surface area contributed by atoms with Crippen molar-refractivity contribution >= 4 is 33.4 Å². The van der Waals surface area contributed by atoms with Crippen molar-refractivity contribution in [3.05, 3.63) is 28.2 Å². The normalized spacial score (nSPS) is 18.7. The van der Waals surface area contributed by atoms with Gasteiger partial charge in [-0.05, 0) is 40.9 Å². The number of carbonyl (C=O) groups is 2. The fraction of sp³-hybridized carbons (Fsp3) is 0.429. The van der Waals surface area contributed by atoms with Gasteiger partial charge in [0, 0.05) is 25.8 Å². The van der Waals surface area contributed by atoms with Gasteiger partial charge in [-0.25, -0.2) is 0 Å². The van der Waals surface area contributed by atoms with Crippen LogP contribution in [-0.4, -0.2) is 36.9 Å². The SMILES string of the molecule is CNC(=O)C1CCCN(C(=O)c2cccc(N)c2Br)C1. The maximum absolute atomic E-state index is 12.5. The minimum atomic E-state index is -0.127. The Morgan fingerprint density at radius 2 is 2.20 bits per heavy atom. The van der Waals surface area contributed by atoms with E-state index >= 15 is 0 Å². The van der Waals surface area contributed by atoms with Crippen molar-refractivity contribution in [1.82, 2.24) is 10.2 Å². The number of halogens is 1. The lowest BCUT2D eigenvalue weighted by Gasteiger charge is -2.32. The summed E-state index contributed by atoms with van der Waals surface area (Å²) in [4.78, 5) is 26.0. The van der Waals surface area contributed by atoms with Gasteiger partial charge in [-0.1, -0.05) is 6.07 Å². The van der Waals surface area contributed by atoms with E-state index in [2.05, 4.69) is 21.2 Å². The van der Waals surface area contributed by atoms with Crippen molar-refractivity contribution in [2.75, 3.05) is 25.9 Å². The standard InChI is InChI=1S/C14H18BrN3O2/c1-17-13(19)9-4-3-7-18(8-9)14(20)10-5-2-6-11(16)12(10)15/h2,5-6,9H,3-4,7-8,16H2,1H3,(H,17,19). The van der Waals surface area contributed by atoms with Gasteiger partial charge in [0.15, 0.2) is 0 Å². The molecule has 0 spiro atoms. The number of piperidine rings is 1. The molecule has 108 valence electrons. The fourth-order valence-electron chi connectivity index (χ4n) is 2.47. The lowest BCUT2D eigenvalue weighted by molar-refractivity contribution is -0.125. The van der Waals surface area contributed by atoms with E-state index in [1.165, 1.54) is 0 Å².